The first-order valence-corrected chi connectivity index (χ1v) is 14.6. The molecule has 0 radical (unpaired) electrons. The SMILES string of the molecule is N#Cc1cccc(COc2cc(Oc3ncnc4c(-c5ccc6c(c5)OCCO6)cccc34)c(Cl)cc2CNC(CO)CO)c1. The van der Waals surface area contributed by atoms with Gasteiger partial charge in [-0.1, -0.05) is 41.9 Å². The largest absolute Gasteiger partial charge is 0.488 e. The molecule has 0 amide bonds. The fourth-order valence-corrected chi connectivity index (χ4v) is 5.18. The molecule has 0 saturated carbocycles. The van der Waals surface area contributed by atoms with Crippen LogP contribution in [0.15, 0.2) is 79.1 Å². The quantitative estimate of drug-likeness (QED) is 0.175. The van der Waals surface area contributed by atoms with E-state index in [2.05, 4.69) is 21.4 Å². The molecule has 0 unspecified atom stereocenters. The van der Waals surface area contributed by atoms with Gasteiger partial charge in [0.05, 0.1) is 46.8 Å². The first-order chi connectivity index (χ1) is 22.1. The Hall–Kier alpha value is -4.92. The van der Waals surface area contributed by atoms with Gasteiger partial charge in [0.25, 0.3) is 0 Å². The van der Waals surface area contributed by atoms with Gasteiger partial charge in [-0.3, -0.25) is 0 Å². The highest BCUT2D eigenvalue weighted by Crippen LogP contribution is 2.40. The molecule has 1 aromatic heterocycles. The van der Waals surface area contributed by atoms with Crippen LogP contribution in [0.4, 0.5) is 0 Å². The number of benzene rings is 4. The molecule has 0 atom stereocenters. The summed E-state index contributed by atoms with van der Waals surface area (Å²) in [4.78, 5) is 8.99. The Kier molecular flexibility index (Phi) is 9.24. The molecule has 3 N–H and O–H groups in total. The number of hydrogen-bond donors (Lipinski definition) is 3. The molecular weight excluding hydrogens is 596 g/mol. The zero-order valence-corrected chi connectivity index (χ0v) is 24.8. The maximum atomic E-state index is 9.52. The topological polar surface area (TPSA) is 139 Å². The number of nitrogens with zero attached hydrogens (tertiary/aromatic N) is 3. The summed E-state index contributed by atoms with van der Waals surface area (Å²) < 4.78 is 24.0. The van der Waals surface area contributed by atoms with E-state index in [9.17, 15) is 15.5 Å². The number of para-hydroxylation sites is 1. The van der Waals surface area contributed by atoms with Crippen LogP contribution in [0, 0.1) is 11.3 Å². The van der Waals surface area contributed by atoms with E-state index in [1.807, 2.05) is 42.5 Å². The summed E-state index contributed by atoms with van der Waals surface area (Å²) in [5, 5.41) is 32.4. The summed E-state index contributed by atoms with van der Waals surface area (Å²) in [5.74, 6) is 2.47. The first-order valence-electron chi connectivity index (χ1n) is 14.3. The minimum atomic E-state index is -0.518. The van der Waals surface area contributed by atoms with Crippen molar-refractivity contribution in [1.29, 1.82) is 5.26 Å². The van der Waals surface area contributed by atoms with E-state index in [0.717, 1.165) is 16.7 Å². The predicted molar refractivity (Wildman–Crippen MR) is 168 cm³/mol. The number of rotatable bonds is 11. The maximum absolute atomic E-state index is 9.52. The first kappa shape index (κ1) is 30.1. The van der Waals surface area contributed by atoms with Gasteiger partial charge in [-0.05, 0) is 47.5 Å². The summed E-state index contributed by atoms with van der Waals surface area (Å²) in [5.41, 5.74) is 4.48. The zero-order chi connectivity index (χ0) is 31.2. The molecule has 0 aliphatic carbocycles. The number of fused-ring (bicyclic) bond motifs is 2. The summed E-state index contributed by atoms with van der Waals surface area (Å²) in [6.07, 6.45) is 1.44. The van der Waals surface area contributed by atoms with Gasteiger partial charge >= 0.3 is 0 Å². The Bertz CT molecular complexity index is 1870. The highest BCUT2D eigenvalue weighted by atomic mass is 35.5. The van der Waals surface area contributed by atoms with Crippen molar-refractivity contribution in [1.82, 2.24) is 15.3 Å². The van der Waals surface area contributed by atoms with Crippen LogP contribution in [-0.4, -0.2) is 52.7 Å². The molecule has 10 nitrogen and oxygen atoms in total. The molecule has 1 aliphatic rings. The lowest BCUT2D eigenvalue weighted by Crippen LogP contribution is -2.35. The fraction of sp³-hybridized carbons (Fsp3) is 0.206. The molecule has 45 heavy (non-hydrogen) atoms. The second-order valence-electron chi connectivity index (χ2n) is 10.3. The van der Waals surface area contributed by atoms with Crippen LogP contribution >= 0.6 is 11.6 Å². The summed E-state index contributed by atoms with van der Waals surface area (Å²) in [6.45, 7) is 0.969. The van der Waals surface area contributed by atoms with Gasteiger partial charge in [-0.15, -0.1) is 0 Å². The Morgan fingerprint density at radius 2 is 1.76 bits per heavy atom. The number of ether oxygens (including phenoxy) is 4. The second kappa shape index (κ2) is 13.8. The number of aromatic nitrogens is 2. The van der Waals surface area contributed by atoms with Crippen molar-refractivity contribution in [2.45, 2.75) is 19.2 Å². The van der Waals surface area contributed by atoms with Gasteiger partial charge in [-0.25, -0.2) is 9.97 Å². The number of hydrogen-bond acceptors (Lipinski definition) is 10. The van der Waals surface area contributed by atoms with Crippen LogP contribution in [0.5, 0.6) is 28.9 Å². The highest BCUT2D eigenvalue weighted by molar-refractivity contribution is 6.32. The van der Waals surface area contributed by atoms with E-state index in [4.69, 9.17) is 30.5 Å². The molecule has 1 aliphatic heterocycles. The lowest BCUT2D eigenvalue weighted by molar-refractivity contribution is 0.170. The van der Waals surface area contributed by atoms with E-state index in [1.54, 1.807) is 30.3 Å². The molecular formula is C34H29ClN4O6. The van der Waals surface area contributed by atoms with E-state index >= 15 is 0 Å². The van der Waals surface area contributed by atoms with Crippen LogP contribution in [-0.2, 0) is 13.2 Å². The van der Waals surface area contributed by atoms with E-state index < -0.39 is 6.04 Å². The fourth-order valence-electron chi connectivity index (χ4n) is 4.95. The van der Waals surface area contributed by atoms with E-state index in [-0.39, 0.29) is 26.4 Å². The van der Waals surface area contributed by atoms with Gasteiger partial charge in [0.1, 0.15) is 31.9 Å². The molecule has 0 bridgehead atoms. The second-order valence-corrected chi connectivity index (χ2v) is 10.7. The Labute approximate surface area is 264 Å². The van der Waals surface area contributed by atoms with Crippen molar-refractivity contribution in [3.8, 4) is 46.1 Å². The Morgan fingerprint density at radius 3 is 2.58 bits per heavy atom. The molecule has 11 heteroatoms. The standard InChI is InChI=1S/C34H29ClN4O6/c35-28-12-24(16-37-25(17-40)18-41)30(44-19-22-4-1-3-21(11-22)15-36)14-31(28)45-34-27-6-2-5-26(33(27)38-20-39-34)23-7-8-29-32(13-23)43-10-9-42-29/h1-8,11-14,20,25,37,40-41H,9-10,16-19H2. The Balaban J connectivity index is 1.33. The summed E-state index contributed by atoms with van der Waals surface area (Å²) in [7, 11) is 0. The van der Waals surface area contributed by atoms with Crippen LogP contribution in [0.1, 0.15) is 16.7 Å². The smallest absolute Gasteiger partial charge is 0.230 e. The summed E-state index contributed by atoms with van der Waals surface area (Å²) >= 11 is 6.72. The highest BCUT2D eigenvalue weighted by Gasteiger charge is 2.18. The number of aliphatic hydroxyl groups is 2. The van der Waals surface area contributed by atoms with Gasteiger partial charge in [0, 0.05) is 23.7 Å². The van der Waals surface area contributed by atoms with Crippen molar-refractivity contribution in [3.63, 3.8) is 0 Å². The van der Waals surface area contributed by atoms with Crippen molar-refractivity contribution in [3.05, 3.63) is 101 Å². The number of aliphatic hydroxyl groups excluding tert-OH is 2. The van der Waals surface area contributed by atoms with Gasteiger partial charge in [0.2, 0.25) is 5.88 Å². The van der Waals surface area contributed by atoms with Crippen molar-refractivity contribution >= 4 is 22.5 Å². The molecule has 6 rings (SSSR count). The summed E-state index contributed by atoms with van der Waals surface area (Å²) in [6, 6.07) is 23.7. The lowest BCUT2D eigenvalue weighted by atomic mass is 10.0. The average Bonchev–Trinajstić information content (AvgIpc) is 3.09. The van der Waals surface area contributed by atoms with Gasteiger partial charge < -0.3 is 34.5 Å². The monoisotopic (exact) mass is 624 g/mol. The average molecular weight is 625 g/mol. The van der Waals surface area contributed by atoms with E-state index in [0.29, 0.717) is 69.1 Å². The molecule has 0 saturated heterocycles. The van der Waals surface area contributed by atoms with Gasteiger partial charge in [0.15, 0.2) is 17.2 Å². The lowest BCUT2D eigenvalue weighted by Gasteiger charge is -2.19. The minimum Gasteiger partial charge on any atom is -0.488 e. The van der Waals surface area contributed by atoms with E-state index in [1.165, 1.54) is 6.33 Å². The van der Waals surface area contributed by atoms with Crippen molar-refractivity contribution in [2.75, 3.05) is 26.4 Å². The van der Waals surface area contributed by atoms with Crippen LogP contribution in [0.2, 0.25) is 5.02 Å². The molecule has 5 aromatic rings. The van der Waals surface area contributed by atoms with Crippen LogP contribution < -0.4 is 24.3 Å². The molecule has 2 heterocycles. The third-order valence-corrected chi connectivity index (χ3v) is 7.57. The van der Waals surface area contributed by atoms with Crippen LogP contribution in [0.25, 0.3) is 22.0 Å². The zero-order valence-electron chi connectivity index (χ0n) is 24.1. The molecule has 228 valence electrons. The maximum Gasteiger partial charge on any atom is 0.230 e. The van der Waals surface area contributed by atoms with Crippen LogP contribution in [0.3, 0.4) is 0 Å². The van der Waals surface area contributed by atoms with Gasteiger partial charge in [-0.2, -0.15) is 5.26 Å². The minimum absolute atomic E-state index is 0.183. The third kappa shape index (κ3) is 6.77. The normalized spacial score (nSPS) is 12.2. The number of nitrogens with one attached hydrogen (secondary N) is 1. The Morgan fingerprint density at radius 1 is 0.933 bits per heavy atom. The molecule has 4 aromatic carbocycles. The van der Waals surface area contributed by atoms with Crippen molar-refractivity contribution < 1.29 is 29.2 Å². The van der Waals surface area contributed by atoms with Crippen molar-refractivity contribution in [2.24, 2.45) is 0 Å². The molecule has 0 spiro atoms. The molecule has 0 fully saturated rings. The number of nitriles is 1. The third-order valence-electron chi connectivity index (χ3n) is 7.28. The number of halogens is 1. The predicted octanol–water partition coefficient (Wildman–Crippen LogP) is 5.41.